The van der Waals surface area contributed by atoms with Crippen LogP contribution in [0.25, 0.3) is 10.9 Å². The number of hydrogen-bond donors (Lipinski definition) is 1. The van der Waals surface area contributed by atoms with Gasteiger partial charge in [0.2, 0.25) is 0 Å². The van der Waals surface area contributed by atoms with Crippen LogP contribution in [-0.4, -0.2) is 27.5 Å². The van der Waals surface area contributed by atoms with Crippen molar-refractivity contribution < 1.29 is 4.79 Å². The Bertz CT molecular complexity index is 1120. The Labute approximate surface area is 157 Å². The lowest BCUT2D eigenvalue weighted by molar-refractivity contribution is 0.0721. The highest BCUT2D eigenvalue weighted by atomic mass is 16.2. The molecule has 1 atom stereocenters. The number of aromatic amines is 1. The Morgan fingerprint density at radius 3 is 2.56 bits per heavy atom. The van der Waals surface area contributed by atoms with Gasteiger partial charge in [-0.3, -0.25) is 9.89 Å². The molecule has 0 saturated carbocycles. The third kappa shape index (κ3) is 2.70. The monoisotopic (exact) mass is 353 g/mol. The van der Waals surface area contributed by atoms with E-state index in [9.17, 15) is 4.79 Å². The van der Waals surface area contributed by atoms with Crippen LogP contribution in [0.2, 0.25) is 0 Å². The van der Waals surface area contributed by atoms with Gasteiger partial charge >= 0.3 is 0 Å². The molecule has 0 fully saturated rings. The average molecular weight is 353 g/mol. The minimum atomic E-state index is -0.0251. The lowest BCUT2D eigenvalue weighted by atomic mass is 9.84. The van der Waals surface area contributed by atoms with Gasteiger partial charge in [-0.25, -0.2) is 0 Å². The molecular weight excluding hydrogens is 334 g/mol. The number of carbonyl (C=O) groups is 1. The smallest absolute Gasteiger partial charge is 0.275 e. The lowest BCUT2D eigenvalue weighted by Crippen LogP contribution is -2.38. The first kappa shape index (κ1) is 15.8. The third-order valence-electron chi connectivity index (χ3n) is 5.36. The number of para-hydroxylation sites is 1. The van der Waals surface area contributed by atoms with Crippen LogP contribution >= 0.6 is 0 Å². The molecule has 1 N–H and O–H groups in total. The van der Waals surface area contributed by atoms with E-state index >= 15 is 0 Å². The molecule has 1 aliphatic rings. The Balaban J connectivity index is 1.55. The molecule has 0 radical (unpaired) electrons. The maximum atomic E-state index is 13.3. The number of benzene rings is 3. The highest BCUT2D eigenvalue weighted by Gasteiger charge is 2.31. The Hall–Kier alpha value is -3.40. The Morgan fingerprint density at radius 1 is 0.926 bits per heavy atom. The summed E-state index contributed by atoms with van der Waals surface area (Å²) in [4.78, 5) is 15.2. The first-order valence-electron chi connectivity index (χ1n) is 9.16. The van der Waals surface area contributed by atoms with Gasteiger partial charge in [0.25, 0.3) is 5.91 Å². The normalized spacial score (nSPS) is 16.3. The molecule has 1 aliphatic heterocycles. The van der Waals surface area contributed by atoms with Crippen LogP contribution in [-0.2, 0) is 6.54 Å². The van der Waals surface area contributed by atoms with Gasteiger partial charge < -0.3 is 4.90 Å². The first-order valence-corrected chi connectivity index (χ1v) is 9.16. The summed E-state index contributed by atoms with van der Waals surface area (Å²) in [5.74, 6) is 0.146. The number of carbonyl (C=O) groups excluding carboxylic acids is 1. The topological polar surface area (TPSA) is 49.0 Å². The number of aromatic nitrogens is 2. The van der Waals surface area contributed by atoms with Gasteiger partial charge in [-0.1, -0.05) is 72.8 Å². The summed E-state index contributed by atoms with van der Waals surface area (Å²) in [5, 5.41) is 8.15. The largest absolute Gasteiger partial charge is 0.332 e. The molecule has 4 aromatic rings. The summed E-state index contributed by atoms with van der Waals surface area (Å²) >= 11 is 0. The second-order valence-corrected chi connectivity index (χ2v) is 6.97. The van der Waals surface area contributed by atoms with Crippen molar-refractivity contribution in [3.63, 3.8) is 0 Å². The SMILES string of the molecule is O=C(c1n[nH]c2ccccc12)N1Cc2ccccc2[C@H](c2ccccc2)C1. The number of H-pyrrole nitrogens is 1. The molecule has 1 amide bonds. The zero-order valence-electron chi connectivity index (χ0n) is 14.8. The van der Waals surface area contributed by atoms with Gasteiger partial charge in [-0.2, -0.15) is 5.10 Å². The van der Waals surface area contributed by atoms with E-state index in [1.54, 1.807) is 0 Å². The maximum Gasteiger partial charge on any atom is 0.275 e. The van der Waals surface area contributed by atoms with Crippen molar-refractivity contribution in [2.75, 3.05) is 6.54 Å². The van der Waals surface area contributed by atoms with E-state index in [2.05, 4.69) is 52.7 Å². The molecule has 4 heteroatoms. The van der Waals surface area contributed by atoms with E-state index in [1.165, 1.54) is 16.7 Å². The van der Waals surface area contributed by atoms with Gasteiger partial charge in [-0.05, 0) is 22.8 Å². The summed E-state index contributed by atoms with van der Waals surface area (Å²) in [7, 11) is 0. The minimum Gasteiger partial charge on any atom is -0.332 e. The van der Waals surface area contributed by atoms with Gasteiger partial charge in [0, 0.05) is 24.4 Å². The van der Waals surface area contributed by atoms with Crippen LogP contribution in [0.3, 0.4) is 0 Å². The summed E-state index contributed by atoms with van der Waals surface area (Å²) < 4.78 is 0. The molecule has 0 saturated heterocycles. The molecule has 1 aromatic heterocycles. The molecule has 4 nitrogen and oxygen atoms in total. The zero-order valence-corrected chi connectivity index (χ0v) is 14.8. The fourth-order valence-electron chi connectivity index (χ4n) is 4.01. The highest BCUT2D eigenvalue weighted by Crippen LogP contribution is 2.34. The molecular formula is C23H19N3O. The number of nitrogens with zero attached hydrogens (tertiary/aromatic N) is 2. The summed E-state index contributed by atoms with van der Waals surface area (Å²) in [6, 6.07) is 26.6. The van der Waals surface area contributed by atoms with Crippen molar-refractivity contribution in [1.29, 1.82) is 0 Å². The Morgan fingerprint density at radius 2 is 1.67 bits per heavy atom. The van der Waals surface area contributed by atoms with Crippen molar-refractivity contribution in [3.05, 3.63) is 101 Å². The standard InChI is InChI=1S/C23H19N3O/c27-23(22-19-12-6-7-13-21(19)24-25-22)26-14-17-10-4-5-11-18(17)20(15-26)16-8-2-1-3-9-16/h1-13,20H,14-15H2,(H,24,25)/t20-/m0/s1. The Kier molecular flexibility index (Phi) is 3.75. The molecule has 2 heterocycles. The summed E-state index contributed by atoms with van der Waals surface area (Å²) in [6.07, 6.45) is 0. The number of fused-ring (bicyclic) bond motifs is 2. The van der Waals surface area contributed by atoms with Crippen LogP contribution in [0.5, 0.6) is 0 Å². The number of hydrogen-bond acceptors (Lipinski definition) is 2. The molecule has 3 aromatic carbocycles. The van der Waals surface area contributed by atoms with E-state index in [0.717, 1.165) is 10.9 Å². The highest BCUT2D eigenvalue weighted by molar-refractivity contribution is 6.04. The van der Waals surface area contributed by atoms with E-state index < -0.39 is 0 Å². The van der Waals surface area contributed by atoms with Crippen molar-refractivity contribution in [2.45, 2.75) is 12.5 Å². The second kappa shape index (κ2) is 6.40. The second-order valence-electron chi connectivity index (χ2n) is 6.97. The van der Waals surface area contributed by atoms with E-state index in [-0.39, 0.29) is 11.8 Å². The summed E-state index contributed by atoms with van der Waals surface area (Å²) in [5.41, 5.74) is 5.12. The van der Waals surface area contributed by atoms with Crippen molar-refractivity contribution in [3.8, 4) is 0 Å². The fourth-order valence-corrected chi connectivity index (χ4v) is 4.01. The fraction of sp³-hybridized carbons (Fsp3) is 0.130. The zero-order chi connectivity index (χ0) is 18.2. The number of nitrogens with one attached hydrogen (secondary N) is 1. The van der Waals surface area contributed by atoms with Gasteiger partial charge in [-0.15, -0.1) is 0 Å². The molecule has 0 unspecified atom stereocenters. The predicted molar refractivity (Wildman–Crippen MR) is 106 cm³/mol. The van der Waals surface area contributed by atoms with Crippen molar-refractivity contribution in [1.82, 2.24) is 15.1 Å². The molecule has 0 bridgehead atoms. The average Bonchev–Trinajstić information content (AvgIpc) is 3.17. The first-order chi connectivity index (χ1) is 13.3. The predicted octanol–water partition coefficient (Wildman–Crippen LogP) is 4.35. The van der Waals surface area contributed by atoms with Crippen LogP contribution < -0.4 is 0 Å². The lowest BCUT2D eigenvalue weighted by Gasteiger charge is -2.34. The maximum absolute atomic E-state index is 13.3. The summed E-state index contributed by atoms with van der Waals surface area (Å²) in [6.45, 7) is 1.26. The quantitative estimate of drug-likeness (QED) is 0.582. The van der Waals surface area contributed by atoms with E-state index in [0.29, 0.717) is 18.8 Å². The van der Waals surface area contributed by atoms with Crippen LogP contribution in [0.15, 0.2) is 78.9 Å². The molecule has 132 valence electrons. The molecule has 27 heavy (non-hydrogen) atoms. The van der Waals surface area contributed by atoms with Crippen LogP contribution in [0, 0.1) is 0 Å². The van der Waals surface area contributed by atoms with Crippen molar-refractivity contribution >= 4 is 16.8 Å². The van der Waals surface area contributed by atoms with Crippen molar-refractivity contribution in [2.24, 2.45) is 0 Å². The number of rotatable bonds is 2. The van der Waals surface area contributed by atoms with E-state index in [1.807, 2.05) is 41.3 Å². The van der Waals surface area contributed by atoms with Crippen LogP contribution in [0.4, 0.5) is 0 Å². The van der Waals surface area contributed by atoms with Crippen LogP contribution in [0.1, 0.15) is 33.1 Å². The molecule has 0 aliphatic carbocycles. The molecule has 0 spiro atoms. The number of amides is 1. The minimum absolute atomic E-state index is 0.0251. The van der Waals surface area contributed by atoms with Gasteiger partial charge in [0.1, 0.15) is 0 Å². The molecule has 5 rings (SSSR count). The third-order valence-corrected chi connectivity index (χ3v) is 5.36. The van der Waals surface area contributed by atoms with Gasteiger partial charge in [0.05, 0.1) is 5.52 Å². The van der Waals surface area contributed by atoms with Gasteiger partial charge in [0.15, 0.2) is 5.69 Å². The van der Waals surface area contributed by atoms with E-state index in [4.69, 9.17) is 0 Å².